The predicted octanol–water partition coefficient (Wildman–Crippen LogP) is 3.06. The second-order valence-corrected chi connectivity index (χ2v) is 4.13. The van der Waals surface area contributed by atoms with Gasteiger partial charge < -0.3 is 5.32 Å². The fraction of sp³-hybridized carbons (Fsp3) is 0.500. The molecule has 0 saturated heterocycles. The molecule has 0 unspecified atom stereocenters. The topological polar surface area (TPSA) is 29.1 Å². The number of benzene rings is 1. The molecule has 0 bridgehead atoms. The first kappa shape index (κ1) is 12.8. The van der Waals surface area contributed by atoms with Gasteiger partial charge in [-0.05, 0) is 24.0 Å². The number of carbonyl (C=O) groups is 1. The van der Waals surface area contributed by atoms with Crippen LogP contribution in [0.4, 0.5) is 0 Å². The van der Waals surface area contributed by atoms with Gasteiger partial charge in [-0.15, -0.1) is 0 Å². The molecule has 0 spiro atoms. The maximum Gasteiger partial charge on any atom is 0.207 e. The number of amides is 1. The van der Waals surface area contributed by atoms with Crippen LogP contribution >= 0.6 is 0 Å². The van der Waals surface area contributed by atoms with Crippen molar-refractivity contribution >= 4 is 6.41 Å². The van der Waals surface area contributed by atoms with Gasteiger partial charge in [-0.3, -0.25) is 4.79 Å². The van der Waals surface area contributed by atoms with Crippen LogP contribution in [0.15, 0.2) is 24.3 Å². The van der Waals surface area contributed by atoms with Crippen molar-refractivity contribution in [2.75, 3.05) is 0 Å². The zero-order valence-corrected chi connectivity index (χ0v) is 10.0. The first-order valence-corrected chi connectivity index (χ1v) is 6.11. The number of unbranched alkanes of at least 4 members (excludes halogenated alkanes) is 3. The molecule has 1 N–H and O–H groups in total. The molecule has 0 atom stereocenters. The van der Waals surface area contributed by atoms with Gasteiger partial charge in [0, 0.05) is 6.54 Å². The van der Waals surface area contributed by atoms with Gasteiger partial charge in [0.1, 0.15) is 0 Å². The van der Waals surface area contributed by atoms with E-state index in [0.29, 0.717) is 6.54 Å². The number of carbonyl (C=O) groups excluding carboxylic acids is 1. The number of hydrogen-bond donors (Lipinski definition) is 1. The van der Waals surface area contributed by atoms with E-state index < -0.39 is 0 Å². The molecule has 2 nitrogen and oxygen atoms in total. The van der Waals surface area contributed by atoms with Crippen molar-refractivity contribution < 1.29 is 4.79 Å². The van der Waals surface area contributed by atoms with Gasteiger partial charge in [0.05, 0.1) is 0 Å². The van der Waals surface area contributed by atoms with Crippen molar-refractivity contribution in [1.82, 2.24) is 5.32 Å². The third-order valence-corrected chi connectivity index (χ3v) is 2.73. The van der Waals surface area contributed by atoms with E-state index in [1.165, 1.54) is 37.7 Å². The van der Waals surface area contributed by atoms with E-state index in [0.717, 1.165) is 12.0 Å². The van der Waals surface area contributed by atoms with Crippen LogP contribution in [-0.2, 0) is 17.8 Å². The molecule has 0 fully saturated rings. The molecule has 0 saturated carbocycles. The van der Waals surface area contributed by atoms with Crippen LogP contribution in [0.25, 0.3) is 0 Å². The Morgan fingerprint density at radius 3 is 2.38 bits per heavy atom. The lowest BCUT2D eigenvalue weighted by atomic mass is 10.0. The third-order valence-electron chi connectivity index (χ3n) is 2.73. The van der Waals surface area contributed by atoms with Crippen molar-refractivity contribution in [1.29, 1.82) is 0 Å². The molecule has 88 valence electrons. The SMILES string of the molecule is CCCCCCc1ccc(CNC=O)cc1. The molecule has 0 radical (unpaired) electrons. The second-order valence-electron chi connectivity index (χ2n) is 4.13. The summed E-state index contributed by atoms with van der Waals surface area (Å²) in [4.78, 5) is 10.1. The van der Waals surface area contributed by atoms with E-state index in [-0.39, 0.29) is 0 Å². The predicted molar refractivity (Wildman–Crippen MR) is 67.2 cm³/mol. The average Bonchev–Trinajstić information content (AvgIpc) is 2.33. The molecule has 2 heteroatoms. The van der Waals surface area contributed by atoms with E-state index in [1.54, 1.807) is 0 Å². The van der Waals surface area contributed by atoms with Crippen molar-refractivity contribution in [3.8, 4) is 0 Å². The Labute approximate surface area is 98.1 Å². The highest BCUT2D eigenvalue weighted by molar-refractivity contribution is 5.46. The zero-order chi connectivity index (χ0) is 11.6. The number of nitrogens with one attached hydrogen (secondary N) is 1. The Balaban J connectivity index is 2.30. The lowest BCUT2D eigenvalue weighted by Crippen LogP contribution is -2.09. The number of aryl methyl sites for hydroxylation is 1. The van der Waals surface area contributed by atoms with Gasteiger partial charge in [0.2, 0.25) is 6.41 Å². The summed E-state index contributed by atoms with van der Waals surface area (Å²) in [5.41, 5.74) is 2.55. The zero-order valence-electron chi connectivity index (χ0n) is 10.0. The molecule has 1 rings (SSSR count). The number of hydrogen-bond acceptors (Lipinski definition) is 1. The van der Waals surface area contributed by atoms with Crippen LogP contribution in [0.2, 0.25) is 0 Å². The summed E-state index contributed by atoms with van der Waals surface area (Å²) < 4.78 is 0. The van der Waals surface area contributed by atoms with Crippen molar-refractivity contribution in [2.24, 2.45) is 0 Å². The average molecular weight is 219 g/mol. The Hall–Kier alpha value is -1.31. The van der Waals surface area contributed by atoms with Gasteiger partial charge in [-0.1, -0.05) is 50.5 Å². The van der Waals surface area contributed by atoms with Crippen LogP contribution < -0.4 is 5.32 Å². The molecule has 0 aliphatic rings. The molecule has 1 aromatic rings. The van der Waals surface area contributed by atoms with Crippen molar-refractivity contribution in [3.63, 3.8) is 0 Å². The molecular formula is C14H21NO. The van der Waals surface area contributed by atoms with Gasteiger partial charge in [0.25, 0.3) is 0 Å². The molecule has 0 aromatic heterocycles. The summed E-state index contributed by atoms with van der Waals surface area (Å²) in [6.45, 7) is 2.86. The molecule has 1 amide bonds. The fourth-order valence-corrected chi connectivity index (χ4v) is 1.74. The minimum absolute atomic E-state index is 0.625. The molecule has 0 aliphatic carbocycles. The van der Waals surface area contributed by atoms with Gasteiger partial charge in [0.15, 0.2) is 0 Å². The molecule has 1 aromatic carbocycles. The summed E-state index contributed by atoms with van der Waals surface area (Å²) in [7, 11) is 0. The van der Waals surface area contributed by atoms with Gasteiger partial charge in [-0.25, -0.2) is 0 Å². The molecular weight excluding hydrogens is 198 g/mol. The fourth-order valence-electron chi connectivity index (χ4n) is 1.74. The van der Waals surface area contributed by atoms with E-state index in [1.807, 2.05) is 0 Å². The third kappa shape index (κ3) is 4.96. The minimum atomic E-state index is 0.625. The molecule has 0 heterocycles. The van der Waals surface area contributed by atoms with Crippen LogP contribution in [0.1, 0.15) is 43.7 Å². The maximum absolute atomic E-state index is 10.1. The highest BCUT2D eigenvalue weighted by atomic mass is 16.1. The lowest BCUT2D eigenvalue weighted by molar-refractivity contribution is -0.109. The monoisotopic (exact) mass is 219 g/mol. The Morgan fingerprint density at radius 2 is 1.75 bits per heavy atom. The largest absolute Gasteiger partial charge is 0.355 e. The minimum Gasteiger partial charge on any atom is -0.355 e. The smallest absolute Gasteiger partial charge is 0.207 e. The van der Waals surface area contributed by atoms with E-state index in [4.69, 9.17) is 0 Å². The summed E-state index contributed by atoms with van der Waals surface area (Å²) in [6.07, 6.45) is 7.13. The summed E-state index contributed by atoms with van der Waals surface area (Å²) in [5.74, 6) is 0. The molecule has 16 heavy (non-hydrogen) atoms. The van der Waals surface area contributed by atoms with E-state index in [9.17, 15) is 4.79 Å². The van der Waals surface area contributed by atoms with Gasteiger partial charge in [-0.2, -0.15) is 0 Å². The highest BCUT2D eigenvalue weighted by Crippen LogP contribution is 2.09. The standard InChI is InChI=1S/C14H21NO/c1-2-3-4-5-6-13-7-9-14(10-8-13)11-15-12-16/h7-10,12H,2-6,11H2,1H3,(H,15,16). The normalized spacial score (nSPS) is 10.1. The Bertz CT molecular complexity index is 292. The number of rotatable bonds is 8. The Morgan fingerprint density at radius 1 is 1.06 bits per heavy atom. The van der Waals surface area contributed by atoms with E-state index >= 15 is 0 Å². The summed E-state index contributed by atoms with van der Waals surface area (Å²) >= 11 is 0. The summed E-state index contributed by atoms with van der Waals surface area (Å²) in [5, 5.41) is 2.66. The van der Waals surface area contributed by atoms with Crippen molar-refractivity contribution in [3.05, 3.63) is 35.4 Å². The second kappa shape index (κ2) is 7.91. The van der Waals surface area contributed by atoms with Crippen LogP contribution in [0.3, 0.4) is 0 Å². The van der Waals surface area contributed by atoms with E-state index in [2.05, 4.69) is 36.5 Å². The molecule has 0 aliphatic heterocycles. The lowest BCUT2D eigenvalue weighted by Gasteiger charge is -2.03. The van der Waals surface area contributed by atoms with Crippen LogP contribution in [0.5, 0.6) is 0 Å². The maximum atomic E-state index is 10.1. The van der Waals surface area contributed by atoms with Crippen LogP contribution in [-0.4, -0.2) is 6.41 Å². The quantitative estimate of drug-likeness (QED) is 0.528. The highest BCUT2D eigenvalue weighted by Gasteiger charge is 1.95. The van der Waals surface area contributed by atoms with Crippen molar-refractivity contribution in [2.45, 2.75) is 45.6 Å². The summed E-state index contributed by atoms with van der Waals surface area (Å²) in [6, 6.07) is 8.50. The van der Waals surface area contributed by atoms with Gasteiger partial charge >= 0.3 is 0 Å². The Kier molecular flexibility index (Phi) is 6.31. The first-order chi connectivity index (χ1) is 7.86. The first-order valence-electron chi connectivity index (χ1n) is 6.11. The van der Waals surface area contributed by atoms with Crippen LogP contribution in [0, 0.1) is 0 Å².